The van der Waals surface area contributed by atoms with Crippen molar-refractivity contribution in [2.75, 3.05) is 6.54 Å². The molecule has 8 heteroatoms. The Balaban J connectivity index is 0.000000687. The molecule has 1 unspecified atom stereocenters. The zero-order chi connectivity index (χ0) is 21.6. The summed E-state index contributed by atoms with van der Waals surface area (Å²) in [5.41, 5.74) is 1.87. The number of allylic oxidation sites excluding steroid dienone is 2. The number of aryl methyl sites for hydroxylation is 2. The second-order valence-corrected chi connectivity index (χ2v) is 8.84. The van der Waals surface area contributed by atoms with E-state index in [0.717, 1.165) is 16.3 Å². The molecule has 0 saturated carbocycles. The van der Waals surface area contributed by atoms with Gasteiger partial charge < -0.3 is 16.2 Å². The second kappa shape index (κ2) is 9.58. The summed E-state index contributed by atoms with van der Waals surface area (Å²) in [5.74, 6) is 1.76. The van der Waals surface area contributed by atoms with Crippen molar-refractivity contribution in [3.05, 3.63) is 60.3 Å². The largest absolute Gasteiger partial charge is 0.762 e. The maximum atomic E-state index is 11.4. The van der Waals surface area contributed by atoms with Gasteiger partial charge >= 0.3 is 0 Å². The van der Waals surface area contributed by atoms with Gasteiger partial charge in [-0.2, -0.15) is 10.5 Å². The maximum absolute atomic E-state index is 11.4. The molecule has 29 heavy (non-hydrogen) atoms. The van der Waals surface area contributed by atoms with E-state index >= 15 is 0 Å². The molecule has 0 bridgehead atoms. The van der Waals surface area contributed by atoms with Gasteiger partial charge in [0.15, 0.2) is 0 Å². The maximum Gasteiger partial charge on any atom is 0.221 e. The average molecular weight is 424 g/mol. The summed E-state index contributed by atoms with van der Waals surface area (Å²) in [7, 11) is 0. The van der Waals surface area contributed by atoms with Crippen LogP contribution in [0.25, 0.3) is 11.0 Å². The Kier molecular flexibility index (Phi) is 7.41. The van der Waals surface area contributed by atoms with Crippen molar-refractivity contribution in [1.29, 1.82) is 10.5 Å². The molecular formula is C21H21N5OS2. The number of hydrogen-bond donors (Lipinski definition) is 2. The number of quaternary nitrogens is 1. The Labute approximate surface area is 178 Å². The Bertz CT molecular complexity index is 1100. The van der Waals surface area contributed by atoms with E-state index in [1.54, 1.807) is 18.0 Å². The van der Waals surface area contributed by atoms with Gasteiger partial charge in [0, 0.05) is 20.2 Å². The first kappa shape index (κ1) is 22.4. The van der Waals surface area contributed by atoms with Crippen molar-refractivity contribution < 1.29 is 10.8 Å². The standard InChI is InChI=1S/C18H11N4OS2.C3H9N/c1-10-3-5-14(24-10)16-13(9-21)17(12(7-19)8-20)22-18(16,23)15-6-4-11(2)25-15;1-2-3-4/h3-6,23H,1-2H3;2-4H2,1H3/q-1;/p+1. The number of aliphatic imine (C=N–C) groups is 1. The van der Waals surface area contributed by atoms with Crippen molar-refractivity contribution in [3.8, 4) is 12.1 Å². The van der Waals surface area contributed by atoms with Crippen LogP contribution in [-0.2, 0) is 5.72 Å². The monoisotopic (exact) mass is 423 g/mol. The lowest BCUT2D eigenvalue weighted by atomic mass is 9.95. The molecule has 0 amide bonds. The minimum atomic E-state index is -1.78. The van der Waals surface area contributed by atoms with Crippen molar-refractivity contribution >= 4 is 39.8 Å². The SMILES string of the molecule is CCC[NH3+].Cc1ccc(C2=C(C#N)C(C(=C=[N-])C#N)=NC2(O)c2ccc(C)s2)s1. The molecule has 0 aliphatic carbocycles. The van der Waals surface area contributed by atoms with E-state index in [1.165, 1.54) is 29.1 Å². The van der Waals surface area contributed by atoms with Crippen LogP contribution < -0.4 is 5.73 Å². The van der Waals surface area contributed by atoms with Crippen LogP contribution in [-0.4, -0.2) is 23.2 Å². The first-order valence-electron chi connectivity index (χ1n) is 8.94. The summed E-state index contributed by atoms with van der Waals surface area (Å²) in [6, 6.07) is 11.1. The molecular weight excluding hydrogens is 402 g/mol. The van der Waals surface area contributed by atoms with E-state index in [9.17, 15) is 21.0 Å². The predicted molar refractivity (Wildman–Crippen MR) is 118 cm³/mol. The highest BCUT2D eigenvalue weighted by Crippen LogP contribution is 2.48. The van der Waals surface area contributed by atoms with Gasteiger partial charge in [0.05, 0.1) is 22.6 Å². The van der Waals surface area contributed by atoms with Crippen molar-refractivity contribution in [1.82, 2.24) is 0 Å². The first-order valence-corrected chi connectivity index (χ1v) is 10.6. The molecule has 1 aliphatic heterocycles. The van der Waals surface area contributed by atoms with Crippen LogP contribution in [0, 0.1) is 36.5 Å². The Morgan fingerprint density at radius 3 is 2.24 bits per heavy atom. The van der Waals surface area contributed by atoms with Crippen LogP contribution in [0.15, 0.2) is 40.4 Å². The van der Waals surface area contributed by atoms with Gasteiger partial charge in [-0.25, -0.2) is 10.9 Å². The average Bonchev–Trinajstić information content (AvgIpc) is 3.41. The number of rotatable bonds is 4. The van der Waals surface area contributed by atoms with Gasteiger partial charge in [0.2, 0.25) is 5.72 Å². The van der Waals surface area contributed by atoms with E-state index in [-0.39, 0.29) is 16.9 Å². The third kappa shape index (κ3) is 4.44. The smallest absolute Gasteiger partial charge is 0.221 e. The fourth-order valence-electron chi connectivity index (χ4n) is 2.65. The highest BCUT2D eigenvalue weighted by molar-refractivity contribution is 7.13. The minimum absolute atomic E-state index is 0.0536. The topological polar surface area (TPSA) is 130 Å². The third-order valence-electron chi connectivity index (χ3n) is 4.11. The molecule has 148 valence electrons. The van der Waals surface area contributed by atoms with Gasteiger partial charge in [0.1, 0.15) is 17.9 Å². The van der Waals surface area contributed by atoms with Gasteiger partial charge in [-0.3, -0.25) is 0 Å². The minimum Gasteiger partial charge on any atom is -0.762 e. The number of nitriles is 2. The molecule has 3 heterocycles. The molecule has 0 fully saturated rings. The van der Waals surface area contributed by atoms with E-state index in [0.29, 0.717) is 15.3 Å². The van der Waals surface area contributed by atoms with Crippen LogP contribution in [0.5, 0.6) is 0 Å². The van der Waals surface area contributed by atoms with Crippen molar-refractivity contribution in [2.45, 2.75) is 32.9 Å². The van der Waals surface area contributed by atoms with E-state index in [1.807, 2.05) is 38.1 Å². The van der Waals surface area contributed by atoms with Gasteiger partial charge in [-0.1, -0.05) is 6.92 Å². The molecule has 1 aliphatic rings. The Morgan fingerprint density at radius 1 is 1.21 bits per heavy atom. The van der Waals surface area contributed by atoms with Gasteiger partial charge in [-0.05, 0) is 44.5 Å². The summed E-state index contributed by atoms with van der Waals surface area (Å²) in [5, 5.41) is 39.5. The lowest BCUT2D eigenvalue weighted by molar-refractivity contribution is -0.367. The molecule has 0 saturated heterocycles. The normalized spacial score (nSPS) is 17.6. The van der Waals surface area contributed by atoms with Crippen LogP contribution in [0.4, 0.5) is 0 Å². The molecule has 2 aromatic heterocycles. The Morgan fingerprint density at radius 2 is 1.83 bits per heavy atom. The van der Waals surface area contributed by atoms with Gasteiger partial charge in [0.25, 0.3) is 0 Å². The molecule has 6 nitrogen and oxygen atoms in total. The van der Waals surface area contributed by atoms with E-state index in [2.05, 4.69) is 17.6 Å². The number of thiophene rings is 2. The van der Waals surface area contributed by atoms with E-state index < -0.39 is 5.72 Å². The molecule has 2 aromatic rings. The summed E-state index contributed by atoms with van der Waals surface area (Å²) in [6.45, 7) is 7.02. The zero-order valence-electron chi connectivity index (χ0n) is 16.5. The summed E-state index contributed by atoms with van der Waals surface area (Å²) in [6.07, 6.45) is 1.21. The van der Waals surface area contributed by atoms with E-state index in [4.69, 9.17) is 0 Å². The summed E-state index contributed by atoms with van der Waals surface area (Å²) in [4.78, 5) is 7.51. The zero-order valence-corrected chi connectivity index (χ0v) is 18.1. The molecule has 0 radical (unpaired) electrons. The van der Waals surface area contributed by atoms with Crippen molar-refractivity contribution in [2.24, 2.45) is 4.99 Å². The number of nitrogens with zero attached hydrogens (tertiary/aromatic N) is 4. The Hall–Kier alpha value is -2.84. The van der Waals surface area contributed by atoms with Gasteiger partial charge in [-0.15, -0.1) is 22.7 Å². The lowest BCUT2D eigenvalue weighted by Crippen LogP contribution is -2.49. The molecule has 0 spiro atoms. The second-order valence-electron chi connectivity index (χ2n) is 6.27. The molecule has 3 rings (SSSR count). The third-order valence-corrected chi connectivity index (χ3v) is 6.22. The van der Waals surface area contributed by atoms with Crippen LogP contribution >= 0.6 is 22.7 Å². The van der Waals surface area contributed by atoms with Crippen LogP contribution in [0.3, 0.4) is 0 Å². The van der Waals surface area contributed by atoms with Crippen LogP contribution in [0.1, 0.15) is 32.9 Å². The quantitative estimate of drug-likeness (QED) is 0.577. The summed E-state index contributed by atoms with van der Waals surface area (Å²) < 4.78 is 0. The summed E-state index contributed by atoms with van der Waals surface area (Å²) >= 11 is 2.78. The van der Waals surface area contributed by atoms with Crippen LogP contribution in [0.2, 0.25) is 0 Å². The fraction of sp³-hybridized carbons (Fsp3) is 0.286. The number of hydrogen-bond acceptors (Lipinski definition) is 6. The first-order chi connectivity index (χ1) is 13.9. The predicted octanol–water partition coefficient (Wildman–Crippen LogP) is 3.33. The lowest BCUT2D eigenvalue weighted by Gasteiger charge is -2.21. The molecule has 0 aromatic carbocycles. The highest BCUT2D eigenvalue weighted by Gasteiger charge is 2.45. The number of aliphatic hydroxyl groups is 1. The molecule has 4 N–H and O–H groups in total. The fourth-order valence-corrected chi connectivity index (χ4v) is 4.53. The highest BCUT2D eigenvalue weighted by atomic mass is 32.1. The van der Waals surface area contributed by atoms with Crippen molar-refractivity contribution in [3.63, 3.8) is 0 Å². The molecule has 1 atom stereocenters.